The van der Waals surface area contributed by atoms with Crippen molar-refractivity contribution in [2.24, 2.45) is 0 Å². The first-order chi connectivity index (χ1) is 35.8. The van der Waals surface area contributed by atoms with E-state index in [1.54, 1.807) is 0 Å². The number of fused-ring (bicyclic) bond motifs is 13. The van der Waals surface area contributed by atoms with Gasteiger partial charge in [-0.05, 0) is 143 Å². The van der Waals surface area contributed by atoms with Crippen molar-refractivity contribution in [2.75, 3.05) is 4.90 Å². The maximum atomic E-state index is 6.69. The Kier molecular flexibility index (Phi) is 9.72. The van der Waals surface area contributed by atoms with Gasteiger partial charge in [0, 0.05) is 33.4 Å². The van der Waals surface area contributed by atoms with Crippen molar-refractivity contribution in [1.29, 1.82) is 0 Å². The minimum absolute atomic E-state index is 0.0253. The van der Waals surface area contributed by atoms with Crippen LogP contribution in [0.3, 0.4) is 0 Å². The number of hydrogen-bond donors (Lipinski definition) is 0. The zero-order valence-electron chi connectivity index (χ0n) is 41.1. The summed E-state index contributed by atoms with van der Waals surface area (Å²) in [4.78, 5) is 2.40. The van der Waals surface area contributed by atoms with Gasteiger partial charge in [-0.25, -0.2) is 0 Å². The fourth-order valence-corrected chi connectivity index (χ4v) is 12.2. The van der Waals surface area contributed by atoms with E-state index in [1.165, 1.54) is 72.3 Å². The minimum atomic E-state index is -0.398. The Hall–Kier alpha value is -8.98. The Balaban J connectivity index is 0.921. The van der Waals surface area contributed by atoms with E-state index in [1.807, 2.05) is 6.07 Å². The molecule has 0 saturated carbocycles. The Morgan fingerprint density at radius 3 is 1.41 bits per heavy atom. The molecule has 12 aromatic rings. The molecule has 0 unspecified atom stereocenters. The molecular weight excluding hydrogens is 883 g/mol. The molecule has 0 atom stereocenters. The fraction of sp³-hybridized carbons (Fsp3) is 0.0704. The van der Waals surface area contributed by atoms with Crippen molar-refractivity contribution in [3.63, 3.8) is 0 Å². The highest BCUT2D eigenvalue weighted by molar-refractivity contribution is 6.11. The van der Waals surface area contributed by atoms with Crippen molar-refractivity contribution in [3.05, 3.63) is 283 Å². The number of benzene rings is 11. The van der Waals surface area contributed by atoms with Crippen molar-refractivity contribution >= 4 is 39.0 Å². The van der Waals surface area contributed by atoms with Gasteiger partial charge < -0.3 is 9.32 Å². The molecule has 1 spiro atoms. The van der Waals surface area contributed by atoms with E-state index >= 15 is 0 Å². The van der Waals surface area contributed by atoms with E-state index in [4.69, 9.17) is 4.42 Å². The van der Waals surface area contributed by atoms with E-state index in [0.29, 0.717) is 0 Å². The molecule has 0 radical (unpaired) electrons. The molecule has 346 valence electrons. The molecule has 2 aliphatic rings. The Labute approximate surface area is 427 Å². The maximum absolute atomic E-state index is 6.69. The molecule has 11 aromatic carbocycles. The second-order valence-corrected chi connectivity index (χ2v) is 20.8. The third-order valence-electron chi connectivity index (χ3n) is 15.7. The van der Waals surface area contributed by atoms with Crippen LogP contribution in [0.5, 0.6) is 0 Å². The molecule has 0 saturated heterocycles. The molecule has 0 aliphatic heterocycles. The molecule has 0 N–H and O–H groups in total. The second-order valence-electron chi connectivity index (χ2n) is 20.8. The van der Waals surface area contributed by atoms with Gasteiger partial charge in [-0.15, -0.1) is 0 Å². The van der Waals surface area contributed by atoms with Gasteiger partial charge in [0.2, 0.25) is 0 Å². The topological polar surface area (TPSA) is 16.4 Å². The van der Waals surface area contributed by atoms with E-state index < -0.39 is 5.41 Å². The van der Waals surface area contributed by atoms with Crippen LogP contribution in [0.1, 0.15) is 48.6 Å². The van der Waals surface area contributed by atoms with E-state index in [2.05, 4.69) is 274 Å². The average Bonchev–Trinajstić information content (AvgIpc) is 4.08. The lowest BCUT2D eigenvalue weighted by molar-refractivity contribution is 0.590. The zero-order valence-corrected chi connectivity index (χ0v) is 41.1. The highest BCUT2D eigenvalue weighted by atomic mass is 16.3. The predicted molar refractivity (Wildman–Crippen MR) is 305 cm³/mol. The summed E-state index contributed by atoms with van der Waals surface area (Å²) in [6.45, 7) is 6.82. The molecular formula is C71H51NO. The van der Waals surface area contributed by atoms with Crippen LogP contribution in [0.25, 0.3) is 88.7 Å². The molecule has 1 aromatic heterocycles. The molecule has 2 heteroatoms. The lowest BCUT2D eigenvalue weighted by Crippen LogP contribution is -2.25. The van der Waals surface area contributed by atoms with Crippen LogP contribution in [0.2, 0.25) is 0 Å². The van der Waals surface area contributed by atoms with Crippen LogP contribution in [0.15, 0.2) is 259 Å². The van der Waals surface area contributed by atoms with Gasteiger partial charge in [-0.2, -0.15) is 0 Å². The van der Waals surface area contributed by atoms with Crippen LogP contribution < -0.4 is 4.90 Å². The van der Waals surface area contributed by atoms with Crippen molar-refractivity contribution in [3.8, 4) is 66.8 Å². The molecule has 2 aliphatic carbocycles. The third-order valence-corrected chi connectivity index (χ3v) is 15.7. The summed E-state index contributed by atoms with van der Waals surface area (Å²) in [6.07, 6.45) is 0. The smallest absolute Gasteiger partial charge is 0.143 e. The summed E-state index contributed by atoms with van der Waals surface area (Å²) in [6, 6.07) is 94.0. The maximum Gasteiger partial charge on any atom is 0.143 e. The van der Waals surface area contributed by atoms with Crippen LogP contribution in [-0.2, 0) is 10.8 Å². The summed E-state index contributed by atoms with van der Waals surface area (Å²) >= 11 is 0. The van der Waals surface area contributed by atoms with E-state index in [-0.39, 0.29) is 5.41 Å². The van der Waals surface area contributed by atoms with Gasteiger partial charge in [0.05, 0.1) is 5.41 Å². The summed E-state index contributed by atoms with van der Waals surface area (Å²) < 4.78 is 6.69. The van der Waals surface area contributed by atoms with Gasteiger partial charge in [0.1, 0.15) is 11.2 Å². The first-order valence-electron chi connectivity index (χ1n) is 25.5. The van der Waals surface area contributed by atoms with E-state index in [9.17, 15) is 0 Å². The van der Waals surface area contributed by atoms with Crippen molar-refractivity contribution < 1.29 is 4.42 Å². The minimum Gasteiger partial charge on any atom is -0.455 e. The molecule has 0 amide bonds. The number of rotatable bonds is 7. The van der Waals surface area contributed by atoms with Gasteiger partial charge >= 0.3 is 0 Å². The van der Waals surface area contributed by atoms with Gasteiger partial charge in [0.25, 0.3) is 0 Å². The lowest BCUT2D eigenvalue weighted by Gasteiger charge is -2.30. The monoisotopic (exact) mass is 933 g/mol. The quantitative estimate of drug-likeness (QED) is 0.158. The largest absolute Gasteiger partial charge is 0.455 e. The second kappa shape index (κ2) is 16.6. The summed E-state index contributed by atoms with van der Waals surface area (Å²) in [5, 5.41) is 2.24. The zero-order chi connectivity index (χ0) is 48.8. The predicted octanol–water partition coefficient (Wildman–Crippen LogP) is 19.4. The van der Waals surface area contributed by atoms with Gasteiger partial charge in [-0.1, -0.05) is 227 Å². The fourth-order valence-electron chi connectivity index (χ4n) is 12.2. The molecule has 14 rings (SSSR count). The number of furan rings is 1. The SMILES string of the molecule is CC(C)(C)c1ccc(-c2cc(N(c3ccc(-c4ccccc4)cc3)c3ccc(-c4ccc5c(c4)C4(c6ccccc6-c6ccccc64)c4ccccc4-5)cc3)ccc2-c2cccc3c2oc2ccccc23)cc1. The summed E-state index contributed by atoms with van der Waals surface area (Å²) in [7, 11) is 0. The first kappa shape index (κ1) is 42.9. The average molecular weight is 934 g/mol. The third kappa shape index (κ3) is 6.71. The normalized spacial score (nSPS) is 13.0. The Bertz CT molecular complexity index is 4030. The number of hydrogen-bond acceptors (Lipinski definition) is 2. The Morgan fingerprint density at radius 2 is 0.781 bits per heavy atom. The lowest BCUT2D eigenvalue weighted by atomic mass is 9.70. The van der Waals surface area contributed by atoms with Crippen molar-refractivity contribution in [1.82, 2.24) is 0 Å². The number of nitrogens with zero attached hydrogens (tertiary/aromatic N) is 1. The standard InChI is InChI=1S/C71H51NO/c1-70(2,3)51-35-28-49(29-36-51)63-45-54(41-43-55(63)61-22-15-23-62-60-21-10-14-27-68(60)73-69(61)62)72(52-37-30-47(31-38-52)46-16-5-4-6-17-46)53-39-32-48(33-40-53)50-34-42-59-58-20-9-13-26-66(58)71(67(59)44-50)64-24-11-7-18-56(64)57-19-8-12-25-65(57)71/h4-45H,1-3H3. The number of anilines is 3. The van der Waals surface area contributed by atoms with Crippen LogP contribution in [-0.4, -0.2) is 0 Å². The first-order valence-corrected chi connectivity index (χ1v) is 25.5. The highest BCUT2D eigenvalue weighted by Gasteiger charge is 2.51. The van der Waals surface area contributed by atoms with Crippen LogP contribution in [0.4, 0.5) is 17.1 Å². The van der Waals surface area contributed by atoms with Gasteiger partial charge in [-0.3, -0.25) is 0 Å². The van der Waals surface area contributed by atoms with Crippen molar-refractivity contribution in [2.45, 2.75) is 31.6 Å². The van der Waals surface area contributed by atoms with E-state index in [0.717, 1.165) is 61.3 Å². The Morgan fingerprint density at radius 1 is 0.315 bits per heavy atom. The molecule has 1 heterocycles. The highest BCUT2D eigenvalue weighted by Crippen LogP contribution is 2.63. The van der Waals surface area contributed by atoms with Gasteiger partial charge in [0.15, 0.2) is 0 Å². The molecule has 73 heavy (non-hydrogen) atoms. The van der Waals surface area contributed by atoms with Crippen LogP contribution in [0, 0.1) is 0 Å². The molecule has 2 nitrogen and oxygen atoms in total. The molecule has 0 bridgehead atoms. The molecule has 0 fully saturated rings. The van der Waals surface area contributed by atoms with Crippen LogP contribution >= 0.6 is 0 Å². The summed E-state index contributed by atoms with van der Waals surface area (Å²) in [5.41, 5.74) is 25.8. The number of para-hydroxylation sites is 2. The summed E-state index contributed by atoms with van der Waals surface area (Å²) in [5.74, 6) is 0.